The quantitative estimate of drug-likeness (QED) is 0.219. The summed E-state index contributed by atoms with van der Waals surface area (Å²) in [6.45, 7) is 5.16. The number of benzene rings is 2. The number of amides is 2. The summed E-state index contributed by atoms with van der Waals surface area (Å²) in [7, 11) is 0. The van der Waals surface area contributed by atoms with Crippen LogP contribution in [-0.2, 0) is 35.5 Å². The van der Waals surface area contributed by atoms with Crippen LogP contribution in [0.15, 0.2) is 58.5 Å². The van der Waals surface area contributed by atoms with Gasteiger partial charge in [-0.05, 0) is 73.0 Å². The van der Waals surface area contributed by atoms with Crippen molar-refractivity contribution in [1.29, 1.82) is 0 Å². The number of ether oxygens (including phenoxy) is 1. The van der Waals surface area contributed by atoms with E-state index in [1.807, 2.05) is 30.0 Å². The van der Waals surface area contributed by atoms with Gasteiger partial charge < -0.3 is 29.5 Å². The maximum absolute atomic E-state index is 14.3. The van der Waals surface area contributed by atoms with E-state index in [1.54, 1.807) is 16.4 Å². The molecule has 0 radical (unpaired) electrons. The third kappa shape index (κ3) is 7.41. The number of fused-ring (bicyclic) bond motifs is 2. The molecule has 2 aromatic carbocycles. The standard InChI is InChI=1S/C35H34F3N9O5S/c1-3-26-29(44-11-13-45(14-12-44)32(50)28-30(49)20(2)39-19-40-28)33(51)47-34(42-31(43-47)22-4-5-23-18-52-15-10-21(23)16-22)46(26)17-27(48)41-24-6-8-25(9-7-24)53-35(36,37)38/h4-9,16,19,49H,3,10-15,17-18H2,1-2H3,(H,41,48). The van der Waals surface area contributed by atoms with Crippen molar-refractivity contribution in [2.24, 2.45) is 0 Å². The van der Waals surface area contributed by atoms with Gasteiger partial charge in [-0.3, -0.25) is 14.4 Å². The minimum atomic E-state index is -4.44. The molecule has 0 unspecified atom stereocenters. The van der Waals surface area contributed by atoms with Crippen molar-refractivity contribution < 1.29 is 32.6 Å². The Kier molecular flexibility index (Phi) is 9.82. The van der Waals surface area contributed by atoms with Crippen LogP contribution in [-0.4, -0.2) is 89.2 Å². The number of halogens is 3. The summed E-state index contributed by atoms with van der Waals surface area (Å²) < 4.78 is 46.9. The van der Waals surface area contributed by atoms with Crippen LogP contribution in [0.5, 0.6) is 5.75 Å². The summed E-state index contributed by atoms with van der Waals surface area (Å²) >= 11 is -0.250. The highest BCUT2D eigenvalue weighted by Gasteiger charge is 2.31. The lowest BCUT2D eigenvalue weighted by molar-refractivity contribution is -0.116. The van der Waals surface area contributed by atoms with Crippen LogP contribution in [0.4, 0.5) is 24.5 Å². The zero-order valence-electron chi connectivity index (χ0n) is 28.7. The van der Waals surface area contributed by atoms with Crippen molar-refractivity contribution in [1.82, 2.24) is 34.0 Å². The molecule has 276 valence electrons. The number of thioether (sulfide) groups is 1. The van der Waals surface area contributed by atoms with E-state index < -0.39 is 22.9 Å². The van der Waals surface area contributed by atoms with Gasteiger partial charge in [0.25, 0.3) is 11.5 Å². The molecule has 2 aliphatic heterocycles. The van der Waals surface area contributed by atoms with Crippen molar-refractivity contribution in [3.8, 4) is 17.1 Å². The fourth-order valence-electron chi connectivity index (χ4n) is 6.54. The number of carbonyl (C=O) groups is 2. The van der Waals surface area contributed by atoms with Gasteiger partial charge in [0.2, 0.25) is 11.7 Å². The lowest BCUT2D eigenvalue weighted by Crippen LogP contribution is -2.51. The predicted octanol–water partition coefficient (Wildman–Crippen LogP) is 4.21. The molecule has 0 bridgehead atoms. The molecule has 1 fully saturated rings. The van der Waals surface area contributed by atoms with Crippen molar-refractivity contribution in [3.05, 3.63) is 87.4 Å². The minimum absolute atomic E-state index is 0.0213. The summed E-state index contributed by atoms with van der Waals surface area (Å²) in [5, 5.41) is 17.8. The summed E-state index contributed by atoms with van der Waals surface area (Å²) in [4.78, 5) is 57.2. The number of aryl methyl sites for hydroxylation is 1. The molecule has 18 heteroatoms. The molecule has 5 heterocycles. The molecule has 0 atom stereocenters. The first-order chi connectivity index (χ1) is 25.4. The summed E-state index contributed by atoms with van der Waals surface area (Å²) in [6, 6.07) is 11.1. The monoisotopic (exact) mass is 749 g/mol. The maximum atomic E-state index is 14.3. The molecule has 0 saturated carbocycles. The minimum Gasteiger partial charge on any atom is -0.504 e. The first-order valence-electron chi connectivity index (χ1n) is 16.8. The Morgan fingerprint density at radius 1 is 1.04 bits per heavy atom. The number of anilines is 2. The first kappa shape index (κ1) is 35.9. The fraction of sp³-hybridized carbons (Fsp3) is 0.343. The van der Waals surface area contributed by atoms with E-state index >= 15 is 0 Å². The topological polar surface area (TPSA) is 160 Å². The Morgan fingerprint density at radius 2 is 1.79 bits per heavy atom. The second-order valence-corrected chi connectivity index (χ2v) is 13.7. The van der Waals surface area contributed by atoms with E-state index in [0.29, 0.717) is 48.7 Å². The van der Waals surface area contributed by atoms with E-state index in [-0.39, 0.29) is 78.1 Å². The molecule has 0 spiro atoms. The highest BCUT2D eigenvalue weighted by molar-refractivity contribution is 8.00. The van der Waals surface area contributed by atoms with Gasteiger partial charge in [-0.15, -0.1) is 5.10 Å². The van der Waals surface area contributed by atoms with E-state index in [9.17, 15) is 32.7 Å². The SMILES string of the molecule is CCc1c(N2CCN(C(=O)c3ncnc(C)c3O)CC2)c(=O)n2nc(-c3ccc4c(c3)CCOC4)nc2n1CC(=O)Nc1ccc(SC(F)(F)F)cc1. The number of hydrogen-bond donors (Lipinski definition) is 2. The van der Waals surface area contributed by atoms with Crippen LogP contribution >= 0.6 is 11.8 Å². The number of aromatic hydroxyl groups is 1. The van der Waals surface area contributed by atoms with Gasteiger partial charge in [0.1, 0.15) is 18.6 Å². The molecule has 7 rings (SSSR count). The second kappa shape index (κ2) is 14.5. The molecule has 0 aliphatic carbocycles. The van der Waals surface area contributed by atoms with E-state index in [4.69, 9.17) is 9.72 Å². The number of carbonyl (C=O) groups excluding carboxylic acids is 2. The third-order valence-corrected chi connectivity index (χ3v) is 9.90. The molecular weight excluding hydrogens is 716 g/mol. The van der Waals surface area contributed by atoms with Crippen molar-refractivity contribution in [2.75, 3.05) is 43.0 Å². The molecule has 14 nitrogen and oxygen atoms in total. The average Bonchev–Trinajstić information content (AvgIpc) is 3.60. The van der Waals surface area contributed by atoms with Crippen molar-refractivity contribution in [2.45, 2.75) is 50.2 Å². The summed E-state index contributed by atoms with van der Waals surface area (Å²) in [6.07, 6.45) is 2.26. The molecule has 3 aromatic heterocycles. The van der Waals surface area contributed by atoms with Gasteiger partial charge in [-0.1, -0.05) is 19.1 Å². The number of piperazine rings is 1. The van der Waals surface area contributed by atoms with Crippen LogP contribution in [0.2, 0.25) is 0 Å². The van der Waals surface area contributed by atoms with Crippen LogP contribution in [0.25, 0.3) is 17.2 Å². The van der Waals surface area contributed by atoms with Gasteiger partial charge in [-0.2, -0.15) is 22.7 Å². The van der Waals surface area contributed by atoms with Gasteiger partial charge in [0.05, 0.1) is 24.6 Å². The van der Waals surface area contributed by atoms with E-state index in [1.165, 1.54) is 35.1 Å². The Labute approximate surface area is 304 Å². The van der Waals surface area contributed by atoms with Gasteiger partial charge in [0.15, 0.2) is 17.3 Å². The number of aromatic nitrogens is 6. The number of nitrogens with zero attached hydrogens (tertiary/aromatic N) is 8. The highest BCUT2D eigenvalue weighted by atomic mass is 32.2. The number of nitrogens with one attached hydrogen (secondary N) is 1. The summed E-state index contributed by atoms with van der Waals surface area (Å²) in [5.41, 5.74) is -0.763. The van der Waals surface area contributed by atoms with Crippen LogP contribution < -0.4 is 15.8 Å². The smallest absolute Gasteiger partial charge is 0.446 e. The lowest BCUT2D eigenvalue weighted by Gasteiger charge is -2.36. The summed E-state index contributed by atoms with van der Waals surface area (Å²) in [5.74, 6) is -0.818. The third-order valence-electron chi connectivity index (χ3n) is 9.16. The normalized spacial score (nSPS) is 14.7. The average molecular weight is 750 g/mol. The lowest BCUT2D eigenvalue weighted by atomic mass is 10.0. The van der Waals surface area contributed by atoms with Gasteiger partial charge >= 0.3 is 5.51 Å². The molecule has 2 aliphatic rings. The largest absolute Gasteiger partial charge is 0.504 e. The van der Waals surface area contributed by atoms with Crippen molar-refractivity contribution >= 4 is 40.7 Å². The molecule has 53 heavy (non-hydrogen) atoms. The first-order valence-corrected chi connectivity index (χ1v) is 17.6. The van der Waals surface area contributed by atoms with E-state index in [2.05, 4.69) is 20.4 Å². The zero-order valence-corrected chi connectivity index (χ0v) is 29.5. The van der Waals surface area contributed by atoms with Crippen LogP contribution in [0, 0.1) is 6.92 Å². The van der Waals surface area contributed by atoms with Crippen LogP contribution in [0.3, 0.4) is 0 Å². The van der Waals surface area contributed by atoms with Gasteiger partial charge in [0, 0.05) is 42.3 Å². The molecule has 1 saturated heterocycles. The Morgan fingerprint density at radius 3 is 2.51 bits per heavy atom. The predicted molar refractivity (Wildman–Crippen MR) is 189 cm³/mol. The van der Waals surface area contributed by atoms with Crippen LogP contribution in [0.1, 0.15) is 39.9 Å². The molecule has 2 N–H and O–H groups in total. The Balaban J connectivity index is 1.23. The van der Waals surface area contributed by atoms with E-state index in [0.717, 1.165) is 11.1 Å². The fourth-order valence-corrected chi connectivity index (χ4v) is 7.08. The zero-order chi connectivity index (χ0) is 37.4. The molecule has 5 aromatic rings. The molecular formula is C35H34F3N9O5S. The Hall–Kier alpha value is -5.49. The Bertz CT molecular complexity index is 2270. The van der Waals surface area contributed by atoms with Gasteiger partial charge in [-0.25, -0.2) is 9.97 Å². The second-order valence-electron chi connectivity index (χ2n) is 12.5. The van der Waals surface area contributed by atoms with Crippen molar-refractivity contribution in [3.63, 3.8) is 0 Å². The molecule has 2 amide bonds. The number of hydrogen-bond acceptors (Lipinski definition) is 11. The number of rotatable bonds is 8. The maximum Gasteiger partial charge on any atom is 0.446 e. The number of alkyl halides is 3. The highest BCUT2D eigenvalue weighted by Crippen LogP contribution is 2.37.